The molecule has 7 rings (SSSR count). The minimum atomic E-state index is -1.68. The van der Waals surface area contributed by atoms with E-state index in [1.165, 1.54) is 26.5 Å². The molecule has 74 heavy (non-hydrogen) atoms. The van der Waals surface area contributed by atoms with Crippen molar-refractivity contribution in [2.24, 2.45) is 50.2 Å². The first-order valence-corrected chi connectivity index (χ1v) is 26.3. The molecule has 5 aliphatic carbocycles. The summed E-state index contributed by atoms with van der Waals surface area (Å²) in [6.07, 6.45) is -3.67. The number of carbonyl (C=O) groups excluding carboxylic acids is 8. The Bertz CT molecular complexity index is 2260. The zero-order chi connectivity index (χ0) is 54.7. The second-order valence-corrected chi connectivity index (χ2v) is 24.2. The zero-order valence-corrected chi connectivity index (χ0v) is 45.8. The Morgan fingerprint density at radius 1 is 0.622 bits per heavy atom. The quantitative estimate of drug-likeness (QED) is 0.107. The van der Waals surface area contributed by atoms with Crippen molar-refractivity contribution in [3.63, 3.8) is 0 Å². The topological polar surface area (TPSA) is 238 Å². The summed E-state index contributed by atoms with van der Waals surface area (Å²) in [5.41, 5.74) is -0.951. The van der Waals surface area contributed by atoms with Crippen LogP contribution in [0.3, 0.4) is 0 Å². The van der Waals surface area contributed by atoms with Gasteiger partial charge in [0, 0.05) is 53.9 Å². The smallest absolute Gasteiger partial charge is 0.311 e. The molecule has 0 N–H and O–H groups in total. The number of carbonyl (C=O) groups is 8. The third-order valence-corrected chi connectivity index (χ3v) is 19.0. The van der Waals surface area contributed by atoms with Crippen molar-refractivity contribution in [2.75, 3.05) is 20.3 Å². The van der Waals surface area contributed by atoms with E-state index in [4.69, 9.17) is 52.1 Å². The number of ether oxygens (including phenoxy) is 11. The number of methoxy groups -OCH3 is 1. The zero-order valence-electron chi connectivity index (χ0n) is 45.8. The second-order valence-electron chi connectivity index (χ2n) is 24.2. The molecule has 18 atom stereocenters. The van der Waals surface area contributed by atoms with Crippen LogP contribution in [0.1, 0.15) is 154 Å². The highest BCUT2D eigenvalue weighted by molar-refractivity contribution is 5.95. The molecule has 2 aliphatic heterocycles. The highest BCUT2D eigenvalue weighted by Crippen LogP contribution is 2.75. The van der Waals surface area contributed by atoms with Crippen LogP contribution >= 0.6 is 0 Å². The first-order valence-electron chi connectivity index (χ1n) is 26.3. The first-order chi connectivity index (χ1) is 34.4. The summed E-state index contributed by atoms with van der Waals surface area (Å²) < 4.78 is 65.2. The predicted molar refractivity (Wildman–Crippen MR) is 259 cm³/mol. The maximum Gasteiger partial charge on any atom is 0.311 e. The summed E-state index contributed by atoms with van der Waals surface area (Å²) in [7, 11) is 1.46. The van der Waals surface area contributed by atoms with Crippen molar-refractivity contribution in [3.05, 3.63) is 11.6 Å². The standard InChI is InChI=1S/C55H80O19/c1-28(56)65-26-38-43(74-48-46(70-33(6)61)45(69-32(5)60)44(68-31(4)59)39(72-48)27-66-29(2)57)37(67-30(3)58)24-42(71-38)73-41-16-17-53(11)40(50(41,7)8)15-18-55(13)47(53)36(62)23-34-35-25-52(10,49(63)64-14)20-19-51(35,9)21-22-54(34,55)12/h23,35,37-48H,15-22,24-27H2,1-14H3/t35-,37+,38+,39+,40-,41-,42+,43-,44+,45-,46+,47+,48+,51+,52-,53-,54+,55+/m0/s1. The van der Waals surface area contributed by atoms with E-state index >= 15 is 4.79 Å². The Balaban J connectivity index is 1.16. The van der Waals surface area contributed by atoms with Gasteiger partial charge in [0.2, 0.25) is 0 Å². The summed E-state index contributed by atoms with van der Waals surface area (Å²) >= 11 is 0. The summed E-state index contributed by atoms with van der Waals surface area (Å²) in [6, 6.07) is 0. The number of allylic oxidation sites excluding steroid dienone is 2. The molecule has 0 bridgehead atoms. The molecule has 0 aromatic rings. The van der Waals surface area contributed by atoms with Crippen molar-refractivity contribution in [3.8, 4) is 0 Å². The third-order valence-electron chi connectivity index (χ3n) is 19.0. The normalized spacial score (nSPS) is 42.2. The molecule has 19 nitrogen and oxygen atoms in total. The van der Waals surface area contributed by atoms with E-state index in [1.54, 1.807) is 0 Å². The van der Waals surface area contributed by atoms with Crippen LogP contribution in [0, 0.1) is 50.2 Å². The van der Waals surface area contributed by atoms with Crippen LogP contribution in [0.15, 0.2) is 11.6 Å². The molecule has 0 aromatic carbocycles. The van der Waals surface area contributed by atoms with Gasteiger partial charge < -0.3 is 52.1 Å². The summed E-state index contributed by atoms with van der Waals surface area (Å²) in [6.45, 7) is 21.7. The summed E-state index contributed by atoms with van der Waals surface area (Å²) in [5.74, 6) is -4.73. The molecule has 0 aromatic heterocycles. The van der Waals surface area contributed by atoms with Crippen LogP contribution in [0.4, 0.5) is 0 Å². The number of fused-ring (bicyclic) bond motifs is 7. The van der Waals surface area contributed by atoms with Crippen molar-refractivity contribution in [1.82, 2.24) is 0 Å². The van der Waals surface area contributed by atoms with Gasteiger partial charge in [-0.05, 0) is 110 Å². The minimum absolute atomic E-state index is 0.0183. The molecule has 6 fully saturated rings. The lowest BCUT2D eigenvalue weighted by atomic mass is 9.33. The lowest BCUT2D eigenvalue weighted by Crippen LogP contribution is -2.67. The molecule has 0 spiro atoms. The summed E-state index contributed by atoms with van der Waals surface area (Å²) in [4.78, 5) is 103. The fraction of sp³-hybridized carbons (Fsp3) is 0.818. The Morgan fingerprint density at radius 2 is 1.19 bits per heavy atom. The molecule has 4 saturated carbocycles. The van der Waals surface area contributed by atoms with Gasteiger partial charge in [-0.3, -0.25) is 38.4 Å². The first kappa shape index (κ1) is 57.2. The van der Waals surface area contributed by atoms with Crippen LogP contribution in [-0.2, 0) is 90.5 Å². The van der Waals surface area contributed by atoms with Crippen LogP contribution < -0.4 is 0 Å². The van der Waals surface area contributed by atoms with Gasteiger partial charge in [0.1, 0.15) is 37.6 Å². The SMILES string of the molecule is COC(=O)[C@@]1(C)CC[C@]2(C)CC[C@]3(C)C(=CC(=O)[C@@H]4[C@@]5(C)CC[C@H](O[C@@H]6C[C@@H](OC(C)=O)[C@H](O[C@H]7O[C@H](COC(C)=O)[C@@H](OC(C)=O)[C@H](OC(C)=O)[C@H]7OC(C)=O)[C@@H](COC(C)=O)O6)C(C)(C)[C@@H]5CC[C@]43C)[C@@H]2C1. The molecule has 0 radical (unpaired) electrons. The second kappa shape index (κ2) is 21.2. The van der Waals surface area contributed by atoms with Gasteiger partial charge in [0.25, 0.3) is 0 Å². The van der Waals surface area contributed by atoms with Crippen molar-refractivity contribution in [1.29, 1.82) is 0 Å². The van der Waals surface area contributed by atoms with Crippen molar-refractivity contribution in [2.45, 2.75) is 216 Å². The molecule has 2 saturated heterocycles. The van der Waals surface area contributed by atoms with Crippen LogP contribution in [0.5, 0.6) is 0 Å². The van der Waals surface area contributed by atoms with E-state index in [1.807, 2.05) is 13.0 Å². The molecular formula is C55H80O19. The van der Waals surface area contributed by atoms with Gasteiger partial charge in [-0.15, -0.1) is 0 Å². The average Bonchev–Trinajstić information content (AvgIpc) is 3.29. The summed E-state index contributed by atoms with van der Waals surface area (Å²) in [5, 5.41) is 0. The molecule has 19 heteroatoms. The predicted octanol–water partition coefficient (Wildman–Crippen LogP) is 6.60. The van der Waals surface area contributed by atoms with Crippen molar-refractivity contribution < 1.29 is 90.5 Å². The van der Waals surface area contributed by atoms with Gasteiger partial charge in [0.05, 0.1) is 18.6 Å². The Labute approximate surface area is 434 Å². The third kappa shape index (κ3) is 10.7. The number of esters is 7. The molecular weight excluding hydrogens is 965 g/mol. The fourth-order valence-corrected chi connectivity index (χ4v) is 15.3. The highest BCUT2D eigenvalue weighted by Gasteiger charge is 2.71. The van der Waals surface area contributed by atoms with E-state index in [0.717, 1.165) is 66.2 Å². The van der Waals surface area contributed by atoms with Gasteiger partial charge in [0.15, 0.2) is 36.7 Å². The Morgan fingerprint density at radius 3 is 1.77 bits per heavy atom. The number of hydrogen-bond acceptors (Lipinski definition) is 19. The van der Waals surface area contributed by atoms with Crippen LogP contribution in [0.25, 0.3) is 0 Å². The monoisotopic (exact) mass is 1040 g/mol. The van der Waals surface area contributed by atoms with Crippen LogP contribution in [-0.4, -0.2) is 129 Å². The molecule has 7 aliphatic rings. The lowest BCUT2D eigenvalue weighted by Gasteiger charge is -2.70. The largest absolute Gasteiger partial charge is 0.469 e. The number of hydrogen-bond donors (Lipinski definition) is 0. The van der Waals surface area contributed by atoms with E-state index in [9.17, 15) is 33.6 Å². The van der Waals surface area contributed by atoms with E-state index in [-0.39, 0.29) is 52.2 Å². The Hall–Kier alpha value is -4.46. The maximum atomic E-state index is 15.1. The molecule has 414 valence electrons. The van der Waals surface area contributed by atoms with E-state index in [2.05, 4.69) is 41.5 Å². The highest BCUT2D eigenvalue weighted by atomic mass is 16.8. The number of ketones is 1. The Kier molecular flexibility index (Phi) is 16.4. The van der Waals surface area contributed by atoms with E-state index < -0.39 is 127 Å². The minimum Gasteiger partial charge on any atom is -0.469 e. The maximum absolute atomic E-state index is 15.1. The van der Waals surface area contributed by atoms with Crippen molar-refractivity contribution >= 4 is 47.6 Å². The van der Waals surface area contributed by atoms with Gasteiger partial charge in [-0.1, -0.05) is 47.1 Å². The lowest BCUT2D eigenvalue weighted by molar-refractivity contribution is -0.352. The molecule has 2 heterocycles. The van der Waals surface area contributed by atoms with Gasteiger partial charge in [-0.25, -0.2) is 0 Å². The fourth-order valence-electron chi connectivity index (χ4n) is 15.3. The van der Waals surface area contributed by atoms with Gasteiger partial charge in [-0.2, -0.15) is 0 Å². The van der Waals surface area contributed by atoms with Gasteiger partial charge >= 0.3 is 41.8 Å². The van der Waals surface area contributed by atoms with Crippen LogP contribution in [0.2, 0.25) is 0 Å². The number of rotatable bonds is 13. The van der Waals surface area contributed by atoms with E-state index in [0.29, 0.717) is 19.3 Å². The molecule has 0 unspecified atom stereocenters. The molecule has 0 amide bonds. The average molecular weight is 1050 g/mol.